The SMILES string of the molecule is C[C@@H]1[C@H]2Cc3cc(N(C)O)c([O-])cc3[C@]1(C)CCN2C(=O)C(F)(F)F. The lowest BCUT2D eigenvalue weighted by Crippen LogP contribution is -2.61. The Morgan fingerprint density at radius 1 is 1.44 bits per heavy atom. The maximum Gasteiger partial charge on any atom is 0.471 e. The number of piperidine rings is 1. The van der Waals surface area contributed by atoms with E-state index in [9.17, 15) is 28.3 Å². The normalized spacial score (nSPS) is 28.5. The largest absolute Gasteiger partial charge is 0.871 e. The minimum Gasteiger partial charge on any atom is -0.871 e. The van der Waals surface area contributed by atoms with Crippen molar-refractivity contribution < 1.29 is 28.3 Å². The van der Waals surface area contributed by atoms with Gasteiger partial charge in [-0.25, -0.2) is 0 Å². The summed E-state index contributed by atoms with van der Waals surface area (Å²) in [6, 6.07) is 2.41. The van der Waals surface area contributed by atoms with Crippen molar-refractivity contribution in [2.24, 2.45) is 5.92 Å². The Hall–Kier alpha value is -1.96. The third kappa shape index (κ3) is 2.63. The summed E-state index contributed by atoms with van der Waals surface area (Å²) in [4.78, 5) is 12.7. The van der Waals surface area contributed by atoms with E-state index in [1.54, 1.807) is 0 Å². The zero-order valence-corrected chi connectivity index (χ0v) is 14.2. The molecule has 2 bridgehead atoms. The first kappa shape index (κ1) is 17.8. The van der Waals surface area contributed by atoms with Gasteiger partial charge in [0, 0.05) is 19.6 Å². The van der Waals surface area contributed by atoms with Crippen molar-refractivity contribution in [1.82, 2.24) is 4.90 Å². The lowest BCUT2D eigenvalue weighted by atomic mass is 9.59. The van der Waals surface area contributed by atoms with Crippen LogP contribution < -0.4 is 10.2 Å². The molecule has 1 aromatic carbocycles. The number of carbonyl (C=O) groups excluding carboxylic acids is 1. The molecule has 0 saturated carbocycles. The summed E-state index contributed by atoms with van der Waals surface area (Å²) < 4.78 is 38.8. The zero-order chi connectivity index (χ0) is 18.7. The van der Waals surface area contributed by atoms with E-state index in [-0.39, 0.29) is 30.3 Å². The lowest BCUT2D eigenvalue weighted by molar-refractivity contribution is -0.267. The van der Waals surface area contributed by atoms with Crippen LogP contribution in [0.25, 0.3) is 0 Å². The van der Waals surface area contributed by atoms with Crippen LogP contribution in [0.15, 0.2) is 12.1 Å². The molecule has 1 aliphatic carbocycles. The topological polar surface area (TPSA) is 66.8 Å². The monoisotopic (exact) mass is 357 g/mol. The van der Waals surface area contributed by atoms with Gasteiger partial charge < -0.3 is 10.0 Å². The molecule has 1 saturated heterocycles. The number of fused-ring (bicyclic) bond motifs is 4. The highest BCUT2D eigenvalue weighted by atomic mass is 19.4. The summed E-state index contributed by atoms with van der Waals surface area (Å²) in [7, 11) is 1.32. The van der Waals surface area contributed by atoms with Crippen LogP contribution in [0.4, 0.5) is 18.9 Å². The first-order chi connectivity index (χ1) is 11.5. The maximum atomic E-state index is 12.9. The molecular formula is C17H20F3N2O3-. The molecule has 0 unspecified atom stereocenters. The summed E-state index contributed by atoms with van der Waals surface area (Å²) in [6.07, 6.45) is -4.31. The van der Waals surface area contributed by atoms with Crippen molar-refractivity contribution >= 4 is 11.6 Å². The van der Waals surface area contributed by atoms with Crippen LogP contribution >= 0.6 is 0 Å². The number of hydrogen-bond donors (Lipinski definition) is 1. The molecule has 138 valence electrons. The first-order valence-corrected chi connectivity index (χ1v) is 8.11. The molecule has 3 atom stereocenters. The summed E-state index contributed by atoms with van der Waals surface area (Å²) in [5.74, 6) is -2.35. The lowest BCUT2D eigenvalue weighted by Gasteiger charge is -2.54. The predicted molar refractivity (Wildman–Crippen MR) is 82.5 cm³/mol. The number of rotatable bonds is 1. The number of anilines is 1. The van der Waals surface area contributed by atoms with E-state index in [2.05, 4.69) is 0 Å². The maximum absolute atomic E-state index is 12.9. The second-order valence-electron chi connectivity index (χ2n) is 7.22. The Bertz CT molecular complexity index is 720. The van der Waals surface area contributed by atoms with Crippen molar-refractivity contribution in [2.75, 3.05) is 18.7 Å². The van der Waals surface area contributed by atoms with Crippen molar-refractivity contribution in [3.8, 4) is 5.75 Å². The summed E-state index contributed by atoms with van der Waals surface area (Å²) >= 11 is 0. The fourth-order valence-corrected chi connectivity index (χ4v) is 4.31. The van der Waals surface area contributed by atoms with Crippen LogP contribution in [0.2, 0.25) is 0 Å². The van der Waals surface area contributed by atoms with Gasteiger partial charge in [0.2, 0.25) is 0 Å². The fraction of sp³-hybridized carbons (Fsp3) is 0.588. The smallest absolute Gasteiger partial charge is 0.471 e. The molecule has 1 fully saturated rings. The molecule has 1 heterocycles. The number of likely N-dealkylation sites (tertiary alicyclic amines) is 1. The summed E-state index contributed by atoms with van der Waals surface area (Å²) in [5.41, 5.74) is 1.11. The average Bonchev–Trinajstić information content (AvgIpc) is 2.49. The number of nitrogens with zero attached hydrogens (tertiary/aromatic N) is 2. The van der Waals surface area contributed by atoms with Gasteiger partial charge in [0.1, 0.15) is 0 Å². The molecule has 0 radical (unpaired) electrons. The Labute approximate surface area is 143 Å². The van der Waals surface area contributed by atoms with Gasteiger partial charge >= 0.3 is 12.1 Å². The molecule has 1 N–H and O–H groups in total. The van der Waals surface area contributed by atoms with Crippen LogP contribution in [-0.2, 0) is 16.6 Å². The minimum atomic E-state index is -4.90. The van der Waals surface area contributed by atoms with Gasteiger partial charge in [0.25, 0.3) is 0 Å². The number of benzene rings is 1. The highest BCUT2D eigenvalue weighted by Crippen LogP contribution is 2.50. The van der Waals surface area contributed by atoms with Crippen molar-refractivity contribution in [1.29, 1.82) is 0 Å². The molecule has 1 aliphatic heterocycles. The molecular weight excluding hydrogens is 337 g/mol. The molecule has 0 spiro atoms. The highest BCUT2D eigenvalue weighted by molar-refractivity contribution is 5.82. The average molecular weight is 357 g/mol. The van der Waals surface area contributed by atoms with Gasteiger partial charge in [0.05, 0.1) is 5.69 Å². The third-order valence-corrected chi connectivity index (χ3v) is 5.94. The van der Waals surface area contributed by atoms with Gasteiger partial charge in [-0.05, 0) is 41.4 Å². The van der Waals surface area contributed by atoms with Gasteiger partial charge in [-0.2, -0.15) is 13.2 Å². The van der Waals surface area contributed by atoms with E-state index in [0.29, 0.717) is 17.0 Å². The van der Waals surface area contributed by atoms with E-state index >= 15 is 0 Å². The molecule has 8 heteroatoms. The first-order valence-electron chi connectivity index (χ1n) is 8.11. The summed E-state index contributed by atoms with van der Waals surface area (Å²) in [5, 5.41) is 22.5. The second-order valence-corrected chi connectivity index (χ2v) is 7.22. The van der Waals surface area contributed by atoms with Crippen molar-refractivity contribution in [2.45, 2.75) is 44.3 Å². The number of carbonyl (C=O) groups is 1. The van der Waals surface area contributed by atoms with E-state index in [1.807, 2.05) is 13.8 Å². The molecule has 1 aromatic rings. The standard InChI is InChI=1S/C17H21F3N2O3/c1-9-12-6-10-7-13(21(3)25)14(23)8-11(10)16(9,2)4-5-22(12)15(24)17(18,19)20/h7-9,12,23,25H,4-6H2,1-3H3/p-1/t9-,12-,16-/m1/s1. The van der Waals surface area contributed by atoms with Crippen LogP contribution in [0.1, 0.15) is 31.4 Å². The van der Waals surface area contributed by atoms with Crippen LogP contribution in [0.5, 0.6) is 5.75 Å². The van der Waals surface area contributed by atoms with Gasteiger partial charge in [0.15, 0.2) is 0 Å². The number of alkyl halides is 3. The van der Waals surface area contributed by atoms with Crippen molar-refractivity contribution in [3.63, 3.8) is 0 Å². The number of hydroxylamine groups is 1. The van der Waals surface area contributed by atoms with Crippen molar-refractivity contribution in [3.05, 3.63) is 23.3 Å². The van der Waals surface area contributed by atoms with Crippen LogP contribution in [0, 0.1) is 5.92 Å². The molecule has 3 rings (SSSR count). The van der Waals surface area contributed by atoms with Gasteiger partial charge in [-0.3, -0.25) is 15.1 Å². The molecule has 25 heavy (non-hydrogen) atoms. The number of halogens is 3. The molecule has 2 aliphatic rings. The summed E-state index contributed by atoms with van der Waals surface area (Å²) in [6.45, 7) is 3.78. The zero-order valence-electron chi connectivity index (χ0n) is 14.2. The van der Waals surface area contributed by atoms with E-state index in [1.165, 1.54) is 19.2 Å². The molecule has 5 nitrogen and oxygen atoms in total. The Balaban J connectivity index is 2.07. The minimum absolute atomic E-state index is 0.0130. The molecule has 1 amide bonds. The Kier molecular flexibility index (Phi) is 3.94. The number of amides is 1. The third-order valence-electron chi connectivity index (χ3n) is 5.94. The van der Waals surface area contributed by atoms with E-state index in [0.717, 1.165) is 10.5 Å². The van der Waals surface area contributed by atoms with Crippen LogP contribution in [0.3, 0.4) is 0 Å². The van der Waals surface area contributed by atoms with Gasteiger partial charge in [-0.15, -0.1) is 0 Å². The number of hydrogen-bond acceptors (Lipinski definition) is 4. The van der Waals surface area contributed by atoms with E-state index < -0.39 is 23.5 Å². The van der Waals surface area contributed by atoms with Gasteiger partial charge in [-0.1, -0.05) is 25.7 Å². The fourth-order valence-electron chi connectivity index (χ4n) is 4.31. The quantitative estimate of drug-likeness (QED) is 0.783. The Morgan fingerprint density at radius 3 is 2.64 bits per heavy atom. The predicted octanol–water partition coefficient (Wildman–Crippen LogP) is 2.20. The van der Waals surface area contributed by atoms with E-state index in [4.69, 9.17) is 0 Å². The van der Waals surface area contributed by atoms with Crippen LogP contribution in [-0.4, -0.2) is 41.8 Å². The Morgan fingerprint density at radius 2 is 2.08 bits per heavy atom. The molecule has 0 aromatic heterocycles. The highest BCUT2D eigenvalue weighted by Gasteiger charge is 2.54. The second kappa shape index (κ2) is 5.52.